The summed E-state index contributed by atoms with van der Waals surface area (Å²) in [4.78, 5) is 14.0. The minimum atomic E-state index is -0.479. The number of rotatable bonds is 5. The molecule has 0 radical (unpaired) electrons. The summed E-state index contributed by atoms with van der Waals surface area (Å²) in [6.45, 7) is 2.75. The second kappa shape index (κ2) is 7.92. The molecule has 25 heavy (non-hydrogen) atoms. The summed E-state index contributed by atoms with van der Waals surface area (Å²) in [6, 6.07) is 9.63. The van der Waals surface area contributed by atoms with Gasteiger partial charge in [0.05, 0.1) is 12.2 Å². The molecular formula is C18H20FN3O3. The predicted octanol–water partition coefficient (Wildman–Crippen LogP) is 2.37. The van der Waals surface area contributed by atoms with Crippen molar-refractivity contribution < 1.29 is 18.7 Å². The van der Waals surface area contributed by atoms with Gasteiger partial charge < -0.3 is 14.4 Å². The standard InChI is InChI=1S/C18H20FN3O3/c1-13-8-9-17(21-20-13)25-14-5-4-10-22(11-14)18(23)12-24-16-7-3-2-6-15(16)19/h2-3,6-9,14H,4-5,10-12H2,1H3. The number of carbonyl (C=O) groups is 1. The van der Waals surface area contributed by atoms with Gasteiger partial charge in [0.15, 0.2) is 18.2 Å². The van der Waals surface area contributed by atoms with Gasteiger partial charge in [-0.05, 0) is 38.0 Å². The number of nitrogens with zero attached hydrogens (tertiary/aromatic N) is 3. The number of carbonyl (C=O) groups excluding carboxylic acids is 1. The van der Waals surface area contributed by atoms with Gasteiger partial charge in [-0.1, -0.05) is 12.1 Å². The number of piperidine rings is 1. The predicted molar refractivity (Wildman–Crippen MR) is 88.9 cm³/mol. The molecule has 0 aliphatic carbocycles. The highest BCUT2D eigenvalue weighted by atomic mass is 19.1. The van der Waals surface area contributed by atoms with E-state index in [0.29, 0.717) is 19.0 Å². The molecule has 7 heteroatoms. The van der Waals surface area contributed by atoms with Gasteiger partial charge in [-0.2, -0.15) is 5.10 Å². The van der Waals surface area contributed by atoms with Crippen LogP contribution in [-0.4, -0.2) is 46.8 Å². The van der Waals surface area contributed by atoms with Crippen LogP contribution in [0.25, 0.3) is 0 Å². The van der Waals surface area contributed by atoms with Crippen molar-refractivity contribution in [3.05, 3.63) is 47.9 Å². The van der Waals surface area contributed by atoms with Crippen LogP contribution in [0.3, 0.4) is 0 Å². The second-order valence-corrected chi connectivity index (χ2v) is 5.95. The Labute approximate surface area is 145 Å². The number of ether oxygens (including phenoxy) is 2. The van der Waals surface area contributed by atoms with E-state index < -0.39 is 5.82 Å². The summed E-state index contributed by atoms with van der Waals surface area (Å²) in [6.07, 6.45) is 1.53. The summed E-state index contributed by atoms with van der Waals surface area (Å²) < 4.78 is 24.6. The summed E-state index contributed by atoms with van der Waals surface area (Å²) >= 11 is 0. The lowest BCUT2D eigenvalue weighted by molar-refractivity contribution is -0.136. The third-order valence-corrected chi connectivity index (χ3v) is 3.98. The molecule has 1 fully saturated rings. The lowest BCUT2D eigenvalue weighted by atomic mass is 10.1. The minimum absolute atomic E-state index is 0.0792. The zero-order valence-electron chi connectivity index (χ0n) is 14.0. The number of hydrogen-bond acceptors (Lipinski definition) is 5. The molecule has 1 unspecified atom stereocenters. The number of para-hydroxylation sites is 1. The van der Waals surface area contributed by atoms with Crippen LogP contribution in [-0.2, 0) is 4.79 Å². The fourth-order valence-electron chi connectivity index (χ4n) is 2.67. The van der Waals surface area contributed by atoms with Crippen LogP contribution in [0.15, 0.2) is 36.4 Å². The van der Waals surface area contributed by atoms with Crippen molar-refractivity contribution in [1.82, 2.24) is 15.1 Å². The highest BCUT2D eigenvalue weighted by Crippen LogP contribution is 2.18. The maximum atomic E-state index is 13.5. The van der Waals surface area contributed by atoms with Crippen LogP contribution in [0.5, 0.6) is 11.6 Å². The Hall–Kier alpha value is -2.70. The van der Waals surface area contributed by atoms with Crippen LogP contribution in [0.4, 0.5) is 4.39 Å². The number of hydrogen-bond donors (Lipinski definition) is 0. The van der Waals surface area contributed by atoms with Crippen LogP contribution in [0.1, 0.15) is 18.5 Å². The maximum Gasteiger partial charge on any atom is 0.260 e. The Morgan fingerprint density at radius 1 is 1.28 bits per heavy atom. The van der Waals surface area contributed by atoms with Crippen molar-refractivity contribution in [3.63, 3.8) is 0 Å². The molecule has 1 amide bonds. The van der Waals surface area contributed by atoms with Gasteiger partial charge in [-0.15, -0.1) is 5.10 Å². The third kappa shape index (κ3) is 4.65. The largest absolute Gasteiger partial charge is 0.481 e. The maximum absolute atomic E-state index is 13.5. The Balaban J connectivity index is 1.52. The molecule has 0 saturated carbocycles. The number of aromatic nitrogens is 2. The first-order chi connectivity index (χ1) is 12.1. The molecule has 132 valence electrons. The lowest BCUT2D eigenvalue weighted by Gasteiger charge is -2.32. The third-order valence-electron chi connectivity index (χ3n) is 3.98. The number of benzene rings is 1. The van der Waals surface area contributed by atoms with Gasteiger partial charge in [0.2, 0.25) is 5.88 Å². The molecule has 2 aromatic rings. The van der Waals surface area contributed by atoms with Gasteiger partial charge in [0, 0.05) is 12.6 Å². The van der Waals surface area contributed by atoms with Crippen molar-refractivity contribution >= 4 is 5.91 Å². The van der Waals surface area contributed by atoms with Crippen molar-refractivity contribution in [2.75, 3.05) is 19.7 Å². The molecular weight excluding hydrogens is 325 g/mol. The van der Waals surface area contributed by atoms with Gasteiger partial charge in [0.25, 0.3) is 5.91 Å². The van der Waals surface area contributed by atoms with Crippen molar-refractivity contribution in [2.45, 2.75) is 25.9 Å². The Morgan fingerprint density at radius 3 is 2.88 bits per heavy atom. The van der Waals surface area contributed by atoms with E-state index in [0.717, 1.165) is 18.5 Å². The van der Waals surface area contributed by atoms with Crippen LogP contribution < -0.4 is 9.47 Å². The topological polar surface area (TPSA) is 64.5 Å². The van der Waals surface area contributed by atoms with E-state index in [2.05, 4.69) is 10.2 Å². The normalized spacial score (nSPS) is 17.2. The molecule has 1 aromatic heterocycles. The number of halogens is 1. The van der Waals surface area contributed by atoms with E-state index >= 15 is 0 Å². The average Bonchev–Trinajstić information content (AvgIpc) is 2.63. The Kier molecular flexibility index (Phi) is 5.42. The molecule has 6 nitrogen and oxygen atoms in total. The first-order valence-electron chi connectivity index (χ1n) is 8.24. The molecule has 1 aliphatic rings. The monoisotopic (exact) mass is 345 g/mol. The first kappa shape index (κ1) is 17.1. The Bertz CT molecular complexity index is 724. The lowest BCUT2D eigenvalue weighted by Crippen LogP contribution is -2.46. The molecule has 0 N–H and O–H groups in total. The number of likely N-dealkylation sites (tertiary alicyclic amines) is 1. The van der Waals surface area contributed by atoms with Gasteiger partial charge in [0.1, 0.15) is 6.10 Å². The fourth-order valence-corrected chi connectivity index (χ4v) is 2.67. The molecule has 0 spiro atoms. The van der Waals surface area contributed by atoms with Crippen LogP contribution in [0.2, 0.25) is 0 Å². The van der Waals surface area contributed by atoms with Crippen LogP contribution in [0, 0.1) is 12.7 Å². The average molecular weight is 345 g/mol. The SMILES string of the molecule is Cc1ccc(OC2CCCN(C(=O)COc3ccccc3F)C2)nn1. The summed E-state index contributed by atoms with van der Waals surface area (Å²) in [5.41, 5.74) is 0.818. The van der Waals surface area contributed by atoms with Gasteiger partial charge in [-0.25, -0.2) is 4.39 Å². The van der Waals surface area contributed by atoms with Crippen LogP contribution >= 0.6 is 0 Å². The minimum Gasteiger partial charge on any atom is -0.481 e. The number of amides is 1. The molecule has 3 rings (SSSR count). The number of aryl methyl sites for hydroxylation is 1. The Morgan fingerprint density at radius 2 is 2.12 bits per heavy atom. The van der Waals surface area contributed by atoms with E-state index in [4.69, 9.17) is 9.47 Å². The summed E-state index contributed by atoms with van der Waals surface area (Å²) in [5, 5.41) is 7.94. The fraction of sp³-hybridized carbons (Fsp3) is 0.389. The van der Waals surface area contributed by atoms with E-state index in [-0.39, 0.29) is 24.4 Å². The van der Waals surface area contributed by atoms with Crippen molar-refractivity contribution in [3.8, 4) is 11.6 Å². The molecule has 1 saturated heterocycles. The van der Waals surface area contributed by atoms with E-state index in [9.17, 15) is 9.18 Å². The second-order valence-electron chi connectivity index (χ2n) is 5.95. The van der Waals surface area contributed by atoms with Gasteiger partial charge >= 0.3 is 0 Å². The van der Waals surface area contributed by atoms with E-state index in [1.807, 2.05) is 13.0 Å². The highest BCUT2D eigenvalue weighted by molar-refractivity contribution is 5.77. The molecule has 1 atom stereocenters. The van der Waals surface area contributed by atoms with Gasteiger partial charge in [-0.3, -0.25) is 4.79 Å². The van der Waals surface area contributed by atoms with E-state index in [1.165, 1.54) is 12.1 Å². The van der Waals surface area contributed by atoms with E-state index in [1.54, 1.807) is 23.1 Å². The summed E-state index contributed by atoms with van der Waals surface area (Å²) in [7, 11) is 0. The molecule has 1 aliphatic heterocycles. The highest BCUT2D eigenvalue weighted by Gasteiger charge is 2.25. The zero-order chi connectivity index (χ0) is 17.6. The van der Waals surface area contributed by atoms with Crippen molar-refractivity contribution in [2.24, 2.45) is 0 Å². The van der Waals surface area contributed by atoms with Crippen molar-refractivity contribution in [1.29, 1.82) is 0 Å². The molecule has 0 bridgehead atoms. The molecule has 2 heterocycles. The summed E-state index contributed by atoms with van der Waals surface area (Å²) in [5.74, 6) is -0.136. The molecule has 1 aromatic carbocycles. The first-order valence-corrected chi connectivity index (χ1v) is 8.24. The smallest absolute Gasteiger partial charge is 0.260 e. The zero-order valence-corrected chi connectivity index (χ0v) is 14.0. The quantitative estimate of drug-likeness (QED) is 0.832.